The first-order chi connectivity index (χ1) is 9.58. The fourth-order valence-electron chi connectivity index (χ4n) is 2.03. The van der Waals surface area contributed by atoms with E-state index in [2.05, 4.69) is 5.32 Å². The maximum atomic E-state index is 11.6. The number of benzene rings is 1. The Kier molecular flexibility index (Phi) is 6.73. The molecule has 0 fully saturated rings. The Balaban J connectivity index is 2.73. The number of amides is 1. The van der Waals surface area contributed by atoms with Crippen molar-refractivity contribution >= 4 is 11.9 Å². The zero-order valence-corrected chi connectivity index (χ0v) is 12.0. The van der Waals surface area contributed by atoms with Gasteiger partial charge in [0.2, 0.25) is 5.91 Å². The second-order valence-corrected chi connectivity index (χ2v) is 4.58. The van der Waals surface area contributed by atoms with E-state index in [4.69, 9.17) is 0 Å². The highest BCUT2D eigenvalue weighted by atomic mass is 16.4. The highest BCUT2D eigenvalue weighted by Gasteiger charge is 2.23. The molecule has 5 nitrogen and oxygen atoms in total. The Morgan fingerprint density at radius 1 is 1.25 bits per heavy atom. The molecule has 0 spiro atoms. The molecule has 1 rings (SSSR count). The third kappa shape index (κ3) is 5.01. The van der Waals surface area contributed by atoms with Crippen molar-refractivity contribution in [3.8, 4) is 0 Å². The van der Waals surface area contributed by atoms with Gasteiger partial charge in [0.1, 0.15) is 0 Å². The van der Waals surface area contributed by atoms with Crippen LogP contribution in [0.3, 0.4) is 0 Å². The van der Waals surface area contributed by atoms with Crippen LogP contribution in [0.4, 0.5) is 0 Å². The topological polar surface area (TPSA) is 69.6 Å². The lowest BCUT2D eigenvalue weighted by molar-refractivity contribution is -0.139. The zero-order chi connectivity index (χ0) is 15.0. The van der Waals surface area contributed by atoms with Crippen molar-refractivity contribution in [1.82, 2.24) is 10.2 Å². The largest absolute Gasteiger partial charge is 0.481 e. The molecule has 0 aliphatic heterocycles. The number of aliphatic carboxylic acids is 1. The van der Waals surface area contributed by atoms with Crippen LogP contribution < -0.4 is 5.32 Å². The molecule has 1 aromatic rings. The van der Waals surface area contributed by atoms with E-state index in [0.717, 1.165) is 5.56 Å². The lowest BCUT2D eigenvalue weighted by atomic mass is 9.98. The van der Waals surface area contributed by atoms with Crippen molar-refractivity contribution < 1.29 is 14.7 Å². The number of nitrogens with zero attached hydrogens (tertiary/aromatic N) is 1. The number of likely N-dealkylation sites (N-methyl/N-ethyl adjacent to an activating group) is 2. The molecule has 2 N–H and O–H groups in total. The van der Waals surface area contributed by atoms with Crippen molar-refractivity contribution in [3.63, 3.8) is 0 Å². The Morgan fingerprint density at radius 3 is 2.40 bits per heavy atom. The van der Waals surface area contributed by atoms with E-state index in [1.807, 2.05) is 36.9 Å². The summed E-state index contributed by atoms with van der Waals surface area (Å²) in [4.78, 5) is 24.9. The minimum atomic E-state index is -0.870. The molecule has 0 bridgehead atoms. The molecule has 0 aliphatic carbocycles. The Morgan fingerprint density at radius 2 is 1.90 bits per heavy atom. The third-order valence-corrected chi connectivity index (χ3v) is 3.13. The Hall–Kier alpha value is -1.88. The number of rotatable bonds is 8. The highest BCUT2D eigenvalue weighted by molar-refractivity contribution is 5.78. The first-order valence-corrected chi connectivity index (χ1v) is 6.85. The molecule has 20 heavy (non-hydrogen) atoms. The monoisotopic (exact) mass is 278 g/mol. The maximum Gasteiger partial charge on any atom is 0.312 e. The van der Waals surface area contributed by atoms with E-state index in [9.17, 15) is 14.7 Å². The van der Waals surface area contributed by atoms with Crippen LogP contribution in [0.1, 0.15) is 25.3 Å². The lowest BCUT2D eigenvalue weighted by Gasteiger charge is -2.23. The van der Waals surface area contributed by atoms with Gasteiger partial charge in [0.25, 0.3) is 0 Å². The minimum Gasteiger partial charge on any atom is -0.481 e. The standard InChI is InChI=1S/C15H22N2O3/c1-3-16-14(18)11-17(4-2)10-13(15(19)20)12-8-6-5-7-9-12/h5-9,13H,3-4,10-11H2,1-2H3,(H,16,18)(H,19,20). The lowest BCUT2D eigenvalue weighted by Crippen LogP contribution is -2.40. The molecule has 0 saturated heterocycles. The summed E-state index contributed by atoms with van der Waals surface area (Å²) < 4.78 is 0. The summed E-state index contributed by atoms with van der Waals surface area (Å²) in [7, 11) is 0. The molecule has 0 aromatic heterocycles. The average molecular weight is 278 g/mol. The van der Waals surface area contributed by atoms with Gasteiger partial charge in [-0.05, 0) is 19.0 Å². The van der Waals surface area contributed by atoms with Gasteiger partial charge in [-0.3, -0.25) is 14.5 Å². The number of carboxylic acids is 1. The summed E-state index contributed by atoms with van der Waals surface area (Å²) in [5.41, 5.74) is 0.759. The highest BCUT2D eigenvalue weighted by Crippen LogP contribution is 2.17. The molecular weight excluding hydrogens is 256 g/mol. The van der Waals surface area contributed by atoms with Gasteiger partial charge in [0.15, 0.2) is 0 Å². The van der Waals surface area contributed by atoms with Crippen LogP contribution in [-0.4, -0.2) is 48.1 Å². The normalized spacial score (nSPS) is 12.2. The fourth-order valence-corrected chi connectivity index (χ4v) is 2.03. The summed E-state index contributed by atoms with van der Waals surface area (Å²) in [6.45, 7) is 5.54. The zero-order valence-electron chi connectivity index (χ0n) is 12.0. The van der Waals surface area contributed by atoms with Gasteiger partial charge in [-0.15, -0.1) is 0 Å². The quantitative estimate of drug-likeness (QED) is 0.752. The van der Waals surface area contributed by atoms with Gasteiger partial charge in [0.05, 0.1) is 12.5 Å². The van der Waals surface area contributed by atoms with Gasteiger partial charge in [-0.25, -0.2) is 0 Å². The number of carbonyl (C=O) groups is 2. The molecule has 0 radical (unpaired) electrons. The smallest absolute Gasteiger partial charge is 0.312 e. The fraction of sp³-hybridized carbons (Fsp3) is 0.467. The second-order valence-electron chi connectivity index (χ2n) is 4.58. The van der Waals surface area contributed by atoms with Crippen molar-refractivity contribution in [3.05, 3.63) is 35.9 Å². The molecule has 0 saturated carbocycles. The summed E-state index contributed by atoms with van der Waals surface area (Å²) in [5.74, 6) is -1.57. The van der Waals surface area contributed by atoms with Crippen LogP contribution in [0.5, 0.6) is 0 Å². The van der Waals surface area contributed by atoms with E-state index in [0.29, 0.717) is 19.6 Å². The molecule has 0 heterocycles. The van der Waals surface area contributed by atoms with Crippen LogP contribution in [0.2, 0.25) is 0 Å². The number of carbonyl (C=O) groups excluding carboxylic acids is 1. The molecule has 1 aromatic carbocycles. The Bertz CT molecular complexity index is 434. The van der Waals surface area contributed by atoms with Crippen LogP contribution in [0.25, 0.3) is 0 Å². The van der Waals surface area contributed by atoms with Crippen LogP contribution in [0.15, 0.2) is 30.3 Å². The molecule has 5 heteroatoms. The first kappa shape index (κ1) is 16.2. The SMILES string of the molecule is CCNC(=O)CN(CC)CC(C(=O)O)c1ccccc1. The number of nitrogens with one attached hydrogen (secondary N) is 1. The van der Waals surface area contributed by atoms with Crippen molar-refractivity contribution in [2.45, 2.75) is 19.8 Å². The summed E-state index contributed by atoms with van der Waals surface area (Å²) in [5, 5.41) is 12.1. The maximum absolute atomic E-state index is 11.6. The molecule has 1 amide bonds. The van der Waals surface area contributed by atoms with Crippen LogP contribution >= 0.6 is 0 Å². The average Bonchev–Trinajstić information content (AvgIpc) is 2.44. The molecule has 0 aliphatic rings. The first-order valence-electron chi connectivity index (χ1n) is 6.85. The molecule has 110 valence electrons. The summed E-state index contributed by atoms with van der Waals surface area (Å²) >= 11 is 0. The van der Waals surface area contributed by atoms with Crippen molar-refractivity contribution in [1.29, 1.82) is 0 Å². The predicted molar refractivity (Wildman–Crippen MR) is 77.6 cm³/mol. The van der Waals surface area contributed by atoms with E-state index in [1.54, 1.807) is 12.1 Å². The second kappa shape index (κ2) is 8.32. The number of hydrogen-bond acceptors (Lipinski definition) is 3. The molecular formula is C15H22N2O3. The number of hydrogen-bond donors (Lipinski definition) is 2. The predicted octanol–water partition coefficient (Wildman–Crippen LogP) is 1.31. The van der Waals surface area contributed by atoms with Gasteiger partial charge >= 0.3 is 5.97 Å². The van der Waals surface area contributed by atoms with Gasteiger partial charge in [0, 0.05) is 13.1 Å². The minimum absolute atomic E-state index is 0.0773. The summed E-state index contributed by atoms with van der Waals surface area (Å²) in [6, 6.07) is 9.11. The van der Waals surface area contributed by atoms with E-state index in [1.165, 1.54) is 0 Å². The van der Waals surface area contributed by atoms with E-state index < -0.39 is 11.9 Å². The molecule has 1 unspecified atom stereocenters. The molecule has 1 atom stereocenters. The van der Waals surface area contributed by atoms with Gasteiger partial charge < -0.3 is 10.4 Å². The van der Waals surface area contributed by atoms with E-state index >= 15 is 0 Å². The van der Waals surface area contributed by atoms with Crippen molar-refractivity contribution in [2.75, 3.05) is 26.2 Å². The van der Waals surface area contributed by atoms with Gasteiger partial charge in [-0.2, -0.15) is 0 Å². The van der Waals surface area contributed by atoms with Crippen LogP contribution in [0, 0.1) is 0 Å². The van der Waals surface area contributed by atoms with Gasteiger partial charge in [-0.1, -0.05) is 37.3 Å². The Labute approximate surface area is 119 Å². The third-order valence-electron chi connectivity index (χ3n) is 3.13. The van der Waals surface area contributed by atoms with Crippen molar-refractivity contribution in [2.24, 2.45) is 0 Å². The van der Waals surface area contributed by atoms with E-state index in [-0.39, 0.29) is 12.5 Å². The number of carboxylic acid groups (broad SMARTS) is 1. The van der Waals surface area contributed by atoms with Crippen LogP contribution in [-0.2, 0) is 9.59 Å². The summed E-state index contributed by atoms with van der Waals surface area (Å²) in [6.07, 6.45) is 0.